The van der Waals surface area contributed by atoms with Gasteiger partial charge in [0.25, 0.3) is 11.6 Å². The standard InChI is InChI=1S/C18H13N3O3/c22-18(16-7-3-4-8-17(16)21(23)24)20-19-12-13-9-10-14-5-1-2-6-15(14)11-13/h1-12H,(H,20,22). The maximum atomic E-state index is 12.0. The third-order valence-corrected chi connectivity index (χ3v) is 3.50. The van der Waals surface area contributed by atoms with Crippen molar-refractivity contribution in [1.82, 2.24) is 5.43 Å². The van der Waals surface area contributed by atoms with Crippen molar-refractivity contribution in [2.75, 3.05) is 0 Å². The smallest absolute Gasteiger partial charge is 0.267 e. The Labute approximate surface area is 137 Å². The van der Waals surface area contributed by atoms with Crippen molar-refractivity contribution in [3.63, 3.8) is 0 Å². The minimum Gasteiger partial charge on any atom is -0.267 e. The van der Waals surface area contributed by atoms with Gasteiger partial charge in [-0.05, 0) is 28.5 Å². The molecule has 0 aromatic heterocycles. The molecule has 6 nitrogen and oxygen atoms in total. The summed E-state index contributed by atoms with van der Waals surface area (Å²) in [5, 5.41) is 17.0. The zero-order chi connectivity index (χ0) is 16.9. The van der Waals surface area contributed by atoms with E-state index in [2.05, 4.69) is 10.5 Å². The molecule has 0 fully saturated rings. The van der Waals surface area contributed by atoms with Crippen LogP contribution in [0.4, 0.5) is 5.69 Å². The fraction of sp³-hybridized carbons (Fsp3) is 0. The van der Waals surface area contributed by atoms with E-state index >= 15 is 0 Å². The highest BCUT2D eigenvalue weighted by atomic mass is 16.6. The molecule has 0 atom stereocenters. The second-order valence-corrected chi connectivity index (χ2v) is 5.08. The van der Waals surface area contributed by atoms with Gasteiger partial charge in [0.2, 0.25) is 0 Å². The summed E-state index contributed by atoms with van der Waals surface area (Å²) in [7, 11) is 0. The minimum absolute atomic E-state index is 0.0295. The average molecular weight is 319 g/mol. The SMILES string of the molecule is O=C(NN=Cc1ccc2ccccc2c1)c1ccccc1[N+](=O)[O-]. The predicted molar refractivity (Wildman–Crippen MR) is 92.1 cm³/mol. The largest absolute Gasteiger partial charge is 0.282 e. The molecule has 0 spiro atoms. The number of carbonyl (C=O) groups excluding carboxylic acids is 1. The monoisotopic (exact) mass is 319 g/mol. The van der Waals surface area contributed by atoms with Crippen molar-refractivity contribution >= 4 is 28.6 Å². The number of nitrogens with zero attached hydrogens (tertiary/aromatic N) is 2. The van der Waals surface area contributed by atoms with Gasteiger partial charge >= 0.3 is 0 Å². The normalized spacial score (nSPS) is 10.8. The van der Waals surface area contributed by atoms with Gasteiger partial charge in [-0.3, -0.25) is 14.9 Å². The molecule has 0 radical (unpaired) electrons. The Hall–Kier alpha value is -3.54. The van der Waals surface area contributed by atoms with Crippen molar-refractivity contribution in [3.05, 3.63) is 88.0 Å². The Balaban J connectivity index is 1.76. The van der Waals surface area contributed by atoms with Crippen LogP contribution in [0.1, 0.15) is 15.9 Å². The molecule has 0 unspecified atom stereocenters. The lowest BCUT2D eigenvalue weighted by atomic mass is 10.1. The maximum Gasteiger partial charge on any atom is 0.282 e. The van der Waals surface area contributed by atoms with Gasteiger partial charge in [0, 0.05) is 6.07 Å². The highest BCUT2D eigenvalue weighted by molar-refractivity contribution is 5.98. The van der Waals surface area contributed by atoms with Gasteiger partial charge in [-0.15, -0.1) is 0 Å². The fourth-order valence-corrected chi connectivity index (χ4v) is 2.34. The number of hydrazone groups is 1. The molecule has 3 aromatic carbocycles. The van der Waals surface area contributed by atoms with Gasteiger partial charge in [0.1, 0.15) is 5.56 Å². The van der Waals surface area contributed by atoms with Gasteiger partial charge in [0.15, 0.2) is 0 Å². The average Bonchev–Trinajstić information content (AvgIpc) is 2.61. The van der Waals surface area contributed by atoms with E-state index in [1.165, 1.54) is 24.4 Å². The van der Waals surface area contributed by atoms with Crippen LogP contribution in [0, 0.1) is 10.1 Å². The topological polar surface area (TPSA) is 84.6 Å². The molecule has 3 rings (SSSR count). The van der Waals surface area contributed by atoms with Gasteiger partial charge in [-0.25, -0.2) is 5.43 Å². The number of nitro benzene ring substituents is 1. The molecule has 0 aliphatic rings. The van der Waals surface area contributed by atoms with Crippen LogP contribution >= 0.6 is 0 Å². The number of amides is 1. The molecule has 0 aliphatic heterocycles. The van der Waals surface area contributed by atoms with Crippen LogP contribution in [0.15, 0.2) is 71.8 Å². The molecule has 0 bridgehead atoms. The Bertz CT molecular complexity index is 951. The highest BCUT2D eigenvalue weighted by Crippen LogP contribution is 2.17. The van der Waals surface area contributed by atoms with E-state index in [-0.39, 0.29) is 11.3 Å². The van der Waals surface area contributed by atoms with Crippen molar-refractivity contribution in [1.29, 1.82) is 0 Å². The lowest BCUT2D eigenvalue weighted by Crippen LogP contribution is -2.18. The first kappa shape index (κ1) is 15.4. The van der Waals surface area contributed by atoms with E-state index in [9.17, 15) is 14.9 Å². The number of benzene rings is 3. The van der Waals surface area contributed by atoms with E-state index in [1.54, 1.807) is 6.07 Å². The lowest BCUT2D eigenvalue weighted by Gasteiger charge is -2.01. The zero-order valence-electron chi connectivity index (χ0n) is 12.5. The van der Waals surface area contributed by atoms with Crippen LogP contribution in [0.25, 0.3) is 10.8 Å². The van der Waals surface area contributed by atoms with E-state index in [0.29, 0.717) is 0 Å². The van der Waals surface area contributed by atoms with Gasteiger partial charge < -0.3 is 0 Å². The summed E-state index contributed by atoms with van der Waals surface area (Å²) in [5.41, 5.74) is 2.85. The van der Waals surface area contributed by atoms with Crippen molar-refractivity contribution in [3.8, 4) is 0 Å². The Kier molecular flexibility index (Phi) is 4.29. The van der Waals surface area contributed by atoms with Crippen molar-refractivity contribution in [2.24, 2.45) is 5.10 Å². The lowest BCUT2D eigenvalue weighted by molar-refractivity contribution is -0.385. The zero-order valence-corrected chi connectivity index (χ0v) is 12.5. The maximum absolute atomic E-state index is 12.0. The summed E-state index contributed by atoms with van der Waals surface area (Å²) in [6.07, 6.45) is 1.50. The van der Waals surface area contributed by atoms with Crippen LogP contribution in [0.2, 0.25) is 0 Å². The van der Waals surface area contributed by atoms with Crippen LogP contribution in [0.3, 0.4) is 0 Å². The number of rotatable bonds is 4. The summed E-state index contributed by atoms with van der Waals surface area (Å²) in [5.74, 6) is -0.626. The second-order valence-electron chi connectivity index (χ2n) is 5.08. The first-order valence-corrected chi connectivity index (χ1v) is 7.21. The molecule has 6 heteroatoms. The number of hydrogen-bond donors (Lipinski definition) is 1. The van der Waals surface area contributed by atoms with Crippen molar-refractivity contribution in [2.45, 2.75) is 0 Å². The van der Waals surface area contributed by atoms with Gasteiger partial charge in [-0.2, -0.15) is 5.10 Å². The third-order valence-electron chi connectivity index (χ3n) is 3.50. The molecular weight excluding hydrogens is 306 g/mol. The molecule has 0 saturated carbocycles. The molecule has 0 aliphatic carbocycles. The van der Waals surface area contributed by atoms with Gasteiger partial charge in [-0.1, -0.05) is 48.5 Å². The molecule has 24 heavy (non-hydrogen) atoms. The van der Waals surface area contributed by atoms with E-state index in [1.807, 2.05) is 42.5 Å². The number of hydrogen-bond acceptors (Lipinski definition) is 4. The van der Waals surface area contributed by atoms with Crippen LogP contribution in [-0.4, -0.2) is 17.0 Å². The van der Waals surface area contributed by atoms with E-state index in [0.717, 1.165) is 16.3 Å². The van der Waals surface area contributed by atoms with Gasteiger partial charge in [0.05, 0.1) is 11.1 Å². The third kappa shape index (κ3) is 3.27. The molecule has 0 saturated heterocycles. The number of fused-ring (bicyclic) bond motifs is 1. The molecular formula is C18H13N3O3. The van der Waals surface area contributed by atoms with Crippen LogP contribution in [0.5, 0.6) is 0 Å². The number of nitro groups is 1. The minimum atomic E-state index is -0.626. The van der Waals surface area contributed by atoms with E-state index < -0.39 is 10.8 Å². The molecule has 0 heterocycles. The Morgan fingerprint density at radius 2 is 1.71 bits per heavy atom. The first-order valence-electron chi connectivity index (χ1n) is 7.21. The number of nitrogens with one attached hydrogen (secondary N) is 1. The van der Waals surface area contributed by atoms with Crippen molar-refractivity contribution < 1.29 is 9.72 Å². The number of carbonyl (C=O) groups is 1. The summed E-state index contributed by atoms with van der Waals surface area (Å²) in [4.78, 5) is 22.4. The highest BCUT2D eigenvalue weighted by Gasteiger charge is 2.18. The van der Waals surface area contributed by atoms with E-state index in [4.69, 9.17) is 0 Å². The second kappa shape index (κ2) is 6.70. The number of para-hydroxylation sites is 1. The predicted octanol–water partition coefficient (Wildman–Crippen LogP) is 3.51. The van der Waals surface area contributed by atoms with Crippen LogP contribution < -0.4 is 5.43 Å². The Morgan fingerprint density at radius 3 is 2.50 bits per heavy atom. The van der Waals surface area contributed by atoms with Crippen LogP contribution in [-0.2, 0) is 0 Å². The summed E-state index contributed by atoms with van der Waals surface area (Å²) in [6, 6.07) is 19.4. The summed E-state index contributed by atoms with van der Waals surface area (Å²) < 4.78 is 0. The fourth-order valence-electron chi connectivity index (χ4n) is 2.34. The summed E-state index contributed by atoms with van der Waals surface area (Å²) >= 11 is 0. The summed E-state index contributed by atoms with van der Waals surface area (Å²) in [6.45, 7) is 0. The first-order chi connectivity index (χ1) is 11.6. The Morgan fingerprint density at radius 1 is 1.00 bits per heavy atom. The molecule has 3 aromatic rings. The quantitative estimate of drug-likeness (QED) is 0.453. The molecule has 1 amide bonds. The molecule has 1 N–H and O–H groups in total. The molecule has 118 valence electrons.